The van der Waals surface area contributed by atoms with Crippen molar-refractivity contribution in [2.45, 2.75) is 0 Å². The quantitative estimate of drug-likeness (QED) is 0.506. The number of non-ortho nitro benzene ring substituents is 1. The maximum Gasteiger partial charge on any atom is 0.338 e. The molecule has 0 radical (unpaired) electrons. The van der Waals surface area contributed by atoms with Crippen molar-refractivity contribution in [3.05, 3.63) is 69.5 Å². The monoisotopic (exact) mass is 354 g/mol. The Bertz CT molecular complexity index is 837. The maximum atomic E-state index is 13.5. The Morgan fingerprint density at radius 1 is 1.08 bits per heavy atom. The molecule has 1 N–H and O–H groups in total. The zero-order chi connectivity index (χ0) is 18.6. The van der Waals surface area contributed by atoms with Crippen LogP contribution >= 0.6 is 0 Å². The molecule has 0 heterocycles. The number of esters is 1. The first-order valence-electron chi connectivity index (χ1n) is 6.63. The van der Waals surface area contributed by atoms with Gasteiger partial charge in [-0.15, -0.1) is 0 Å². The highest BCUT2D eigenvalue weighted by atomic mass is 19.1. The van der Waals surface area contributed by atoms with Crippen LogP contribution < -0.4 is 5.32 Å². The van der Waals surface area contributed by atoms with Crippen molar-refractivity contribution in [2.24, 2.45) is 0 Å². The lowest BCUT2D eigenvalue weighted by atomic mass is 10.2. The number of nitrogens with one attached hydrogen (secondary N) is 1. The highest BCUT2D eigenvalue weighted by Crippen LogP contribution is 2.21. The number of amides is 1. The number of ether oxygens (including phenoxy) is 1. The molecule has 0 atom stereocenters. The van der Waals surface area contributed by atoms with Crippen LogP contribution in [0.25, 0.3) is 0 Å². The maximum absolute atomic E-state index is 13.5. The molecule has 2 aromatic carbocycles. The zero-order valence-electron chi connectivity index (χ0n) is 12.3. The summed E-state index contributed by atoms with van der Waals surface area (Å²) in [6.45, 7) is -0.890. The topological polar surface area (TPSA) is 98.5 Å². The molecule has 0 unspecified atom stereocenters. The minimum atomic E-state index is -1.17. The Hall–Kier alpha value is -3.43. The fraction of sp³-hybridized carbons (Fsp3) is 0.0667. The molecule has 0 fully saturated rings. The van der Waals surface area contributed by atoms with Crippen LogP contribution in [0.1, 0.15) is 10.4 Å². The molecule has 0 saturated heterocycles. The number of rotatable bonds is 5. The van der Waals surface area contributed by atoms with Crippen LogP contribution in [-0.2, 0) is 9.53 Å². The molecule has 10 heteroatoms. The first kappa shape index (κ1) is 17.9. The molecule has 0 bridgehead atoms. The molecule has 0 saturated carbocycles. The van der Waals surface area contributed by atoms with E-state index in [1.165, 1.54) is 0 Å². The standard InChI is InChI=1S/C15H9F3N2O5/c16-9-3-8(4-10(17)5-9)15(22)25-7-14(21)19-13-6-11(20(23)24)1-2-12(13)18/h1-6H,7H2,(H,19,21). The summed E-state index contributed by atoms with van der Waals surface area (Å²) in [5.41, 5.74) is -1.39. The average Bonchev–Trinajstić information content (AvgIpc) is 2.53. The predicted molar refractivity (Wildman–Crippen MR) is 78.3 cm³/mol. The van der Waals surface area contributed by atoms with Crippen LogP contribution in [0.5, 0.6) is 0 Å². The Labute approximate surface area is 138 Å². The number of anilines is 1. The van der Waals surface area contributed by atoms with E-state index < -0.39 is 57.8 Å². The van der Waals surface area contributed by atoms with Gasteiger partial charge in [-0.05, 0) is 18.2 Å². The molecule has 0 aliphatic heterocycles. The van der Waals surface area contributed by atoms with E-state index in [-0.39, 0.29) is 0 Å². The summed E-state index contributed by atoms with van der Waals surface area (Å²) < 4.78 is 44.1. The van der Waals surface area contributed by atoms with Crippen molar-refractivity contribution in [1.82, 2.24) is 0 Å². The first-order valence-corrected chi connectivity index (χ1v) is 6.63. The zero-order valence-corrected chi connectivity index (χ0v) is 12.3. The van der Waals surface area contributed by atoms with Gasteiger partial charge in [0.15, 0.2) is 6.61 Å². The first-order chi connectivity index (χ1) is 11.8. The van der Waals surface area contributed by atoms with Gasteiger partial charge < -0.3 is 10.1 Å². The molecular formula is C15H9F3N2O5. The van der Waals surface area contributed by atoms with Crippen LogP contribution in [-0.4, -0.2) is 23.4 Å². The third-order valence-corrected chi connectivity index (χ3v) is 2.87. The van der Waals surface area contributed by atoms with E-state index in [1.54, 1.807) is 0 Å². The number of nitrogens with zero attached hydrogens (tertiary/aromatic N) is 1. The summed E-state index contributed by atoms with van der Waals surface area (Å²) in [4.78, 5) is 33.1. The van der Waals surface area contributed by atoms with Crippen molar-refractivity contribution < 1.29 is 32.4 Å². The van der Waals surface area contributed by atoms with E-state index in [1.807, 2.05) is 5.32 Å². The summed E-state index contributed by atoms with van der Waals surface area (Å²) in [5, 5.41) is 12.6. The van der Waals surface area contributed by atoms with Gasteiger partial charge in [0.25, 0.3) is 11.6 Å². The lowest BCUT2D eigenvalue weighted by molar-refractivity contribution is -0.384. The van der Waals surface area contributed by atoms with Crippen molar-refractivity contribution in [2.75, 3.05) is 11.9 Å². The average molecular weight is 354 g/mol. The number of halogens is 3. The van der Waals surface area contributed by atoms with E-state index in [0.29, 0.717) is 18.2 Å². The SMILES string of the molecule is O=C(COC(=O)c1cc(F)cc(F)c1)Nc1cc([N+](=O)[O-])ccc1F. The summed E-state index contributed by atoms with van der Waals surface area (Å²) in [5.74, 6) is -5.11. The van der Waals surface area contributed by atoms with Crippen molar-refractivity contribution in [3.8, 4) is 0 Å². The lowest BCUT2D eigenvalue weighted by Gasteiger charge is -2.07. The third-order valence-electron chi connectivity index (χ3n) is 2.87. The number of carbonyl (C=O) groups is 2. The molecule has 0 aromatic heterocycles. The van der Waals surface area contributed by atoms with Crippen LogP contribution in [0.4, 0.5) is 24.5 Å². The minimum Gasteiger partial charge on any atom is -0.452 e. The number of hydrogen-bond acceptors (Lipinski definition) is 5. The van der Waals surface area contributed by atoms with Crippen LogP contribution in [0, 0.1) is 27.6 Å². The van der Waals surface area contributed by atoms with Crippen LogP contribution in [0.15, 0.2) is 36.4 Å². The second kappa shape index (κ2) is 7.43. The molecule has 2 aromatic rings. The molecular weight excluding hydrogens is 345 g/mol. The van der Waals surface area contributed by atoms with E-state index in [9.17, 15) is 32.9 Å². The van der Waals surface area contributed by atoms with Crippen molar-refractivity contribution >= 4 is 23.3 Å². The second-order valence-corrected chi connectivity index (χ2v) is 4.70. The van der Waals surface area contributed by atoms with Gasteiger partial charge in [0, 0.05) is 18.2 Å². The van der Waals surface area contributed by atoms with Gasteiger partial charge in [-0.3, -0.25) is 14.9 Å². The molecule has 0 spiro atoms. The van der Waals surface area contributed by atoms with Gasteiger partial charge in [0.2, 0.25) is 0 Å². The van der Waals surface area contributed by atoms with Gasteiger partial charge >= 0.3 is 5.97 Å². The third kappa shape index (κ3) is 4.77. The molecule has 0 aliphatic carbocycles. The number of hydrogen-bond donors (Lipinski definition) is 1. The van der Waals surface area contributed by atoms with Gasteiger partial charge in [0.05, 0.1) is 16.2 Å². The summed E-state index contributed by atoms with van der Waals surface area (Å²) in [6, 6.07) is 4.46. The van der Waals surface area contributed by atoms with E-state index in [2.05, 4.69) is 4.74 Å². The predicted octanol–water partition coefficient (Wildman–Crippen LogP) is 2.81. The van der Waals surface area contributed by atoms with E-state index in [4.69, 9.17) is 0 Å². The number of nitro benzene ring substituents is 1. The van der Waals surface area contributed by atoms with Gasteiger partial charge in [0.1, 0.15) is 17.5 Å². The van der Waals surface area contributed by atoms with Crippen molar-refractivity contribution in [1.29, 1.82) is 0 Å². The Morgan fingerprint density at radius 2 is 1.72 bits per heavy atom. The molecule has 2 rings (SSSR count). The van der Waals surface area contributed by atoms with Gasteiger partial charge in [-0.25, -0.2) is 18.0 Å². The molecule has 7 nitrogen and oxygen atoms in total. The fourth-order valence-electron chi connectivity index (χ4n) is 1.80. The summed E-state index contributed by atoms with van der Waals surface area (Å²) in [6.07, 6.45) is 0. The van der Waals surface area contributed by atoms with E-state index >= 15 is 0 Å². The second-order valence-electron chi connectivity index (χ2n) is 4.70. The molecule has 0 aliphatic rings. The Morgan fingerprint density at radius 3 is 2.32 bits per heavy atom. The minimum absolute atomic E-state index is 0.452. The molecule has 1 amide bonds. The smallest absolute Gasteiger partial charge is 0.338 e. The van der Waals surface area contributed by atoms with Gasteiger partial charge in [-0.1, -0.05) is 0 Å². The van der Waals surface area contributed by atoms with Crippen LogP contribution in [0.2, 0.25) is 0 Å². The Balaban J connectivity index is 2.00. The molecule has 25 heavy (non-hydrogen) atoms. The normalized spacial score (nSPS) is 10.2. The summed E-state index contributed by atoms with van der Waals surface area (Å²) in [7, 11) is 0. The van der Waals surface area contributed by atoms with Gasteiger partial charge in [-0.2, -0.15) is 0 Å². The largest absolute Gasteiger partial charge is 0.452 e. The van der Waals surface area contributed by atoms with Crippen molar-refractivity contribution in [3.63, 3.8) is 0 Å². The lowest BCUT2D eigenvalue weighted by Crippen LogP contribution is -2.21. The Kier molecular flexibility index (Phi) is 5.32. The van der Waals surface area contributed by atoms with E-state index in [0.717, 1.165) is 18.2 Å². The number of benzene rings is 2. The summed E-state index contributed by atoms with van der Waals surface area (Å²) >= 11 is 0. The number of nitro groups is 1. The fourth-order valence-corrected chi connectivity index (χ4v) is 1.80. The molecule has 130 valence electrons. The highest BCUT2D eigenvalue weighted by molar-refractivity contribution is 5.95. The van der Waals surface area contributed by atoms with Crippen LogP contribution in [0.3, 0.4) is 0 Å². The number of carbonyl (C=O) groups excluding carboxylic acids is 2. The highest BCUT2D eigenvalue weighted by Gasteiger charge is 2.16.